The fraction of sp³-hybridized carbons (Fsp3) is 0.533. The minimum Gasteiger partial charge on any atom is -0.342 e. The molecule has 1 unspecified atom stereocenters. The maximum atomic E-state index is 12.3. The molecule has 104 valence electrons. The Morgan fingerprint density at radius 1 is 1.42 bits per heavy atom. The number of rotatable bonds is 3. The molecule has 0 saturated carbocycles. The van der Waals surface area contributed by atoms with E-state index in [1.54, 1.807) is 0 Å². The van der Waals surface area contributed by atoms with Gasteiger partial charge in [0.05, 0.1) is 6.42 Å². The molecule has 2 rings (SSSR count). The molecule has 1 saturated heterocycles. The predicted molar refractivity (Wildman–Crippen MR) is 82.8 cm³/mol. The molecule has 1 fully saturated rings. The lowest BCUT2D eigenvalue weighted by Crippen LogP contribution is -2.40. The van der Waals surface area contributed by atoms with Gasteiger partial charge in [-0.2, -0.15) is 0 Å². The largest absolute Gasteiger partial charge is 0.342 e. The fourth-order valence-corrected chi connectivity index (χ4v) is 3.26. The molecule has 1 amide bonds. The van der Waals surface area contributed by atoms with E-state index in [4.69, 9.17) is 11.6 Å². The van der Waals surface area contributed by atoms with Crippen LogP contribution in [0.4, 0.5) is 0 Å². The summed E-state index contributed by atoms with van der Waals surface area (Å²) < 4.78 is 0. The summed E-state index contributed by atoms with van der Waals surface area (Å²) in [4.78, 5) is 14.8. The Morgan fingerprint density at radius 2 is 2.05 bits per heavy atom. The second kappa shape index (κ2) is 6.76. The third-order valence-electron chi connectivity index (χ3n) is 3.84. The van der Waals surface area contributed by atoms with Crippen molar-refractivity contribution in [1.82, 2.24) is 4.90 Å². The van der Waals surface area contributed by atoms with Gasteiger partial charge in [0.15, 0.2) is 0 Å². The highest BCUT2D eigenvalue weighted by Crippen LogP contribution is 2.25. The van der Waals surface area contributed by atoms with Crippen molar-refractivity contribution in [2.45, 2.75) is 31.0 Å². The van der Waals surface area contributed by atoms with Gasteiger partial charge in [-0.3, -0.25) is 4.79 Å². The topological polar surface area (TPSA) is 20.3 Å². The van der Waals surface area contributed by atoms with E-state index in [1.807, 2.05) is 29.2 Å². The molecule has 0 bridgehead atoms. The summed E-state index contributed by atoms with van der Waals surface area (Å²) in [5.74, 6) is 0.873. The van der Waals surface area contributed by atoms with E-state index < -0.39 is 0 Å². The van der Waals surface area contributed by atoms with E-state index >= 15 is 0 Å². The summed E-state index contributed by atoms with van der Waals surface area (Å²) in [6, 6.07) is 7.57. The third kappa shape index (κ3) is 3.96. The molecule has 19 heavy (non-hydrogen) atoms. The van der Waals surface area contributed by atoms with Gasteiger partial charge in [-0.15, -0.1) is 0 Å². The molecule has 1 atom stereocenters. The van der Waals surface area contributed by atoms with Gasteiger partial charge in [-0.05, 0) is 30.4 Å². The molecule has 1 aromatic rings. The summed E-state index contributed by atoms with van der Waals surface area (Å²) in [6.45, 7) is 3.92. The number of piperidine rings is 1. The van der Waals surface area contributed by atoms with Gasteiger partial charge in [0.25, 0.3) is 0 Å². The third-order valence-corrected chi connectivity index (χ3v) is 4.96. The predicted octanol–water partition coefficient (Wildman–Crippen LogP) is 3.90. The number of halogens is 2. The Labute approximate surface area is 128 Å². The van der Waals surface area contributed by atoms with E-state index in [0.717, 1.165) is 31.5 Å². The zero-order valence-corrected chi connectivity index (χ0v) is 13.5. The van der Waals surface area contributed by atoms with Crippen LogP contribution < -0.4 is 0 Å². The van der Waals surface area contributed by atoms with E-state index in [2.05, 4.69) is 22.9 Å². The number of likely N-dealkylation sites (tertiary alicyclic amines) is 1. The molecule has 0 aromatic heterocycles. The molecule has 0 aliphatic carbocycles. The highest BCUT2D eigenvalue weighted by atomic mass is 79.9. The van der Waals surface area contributed by atoms with Crippen LogP contribution in [0.15, 0.2) is 24.3 Å². The minimum absolute atomic E-state index is 0.189. The van der Waals surface area contributed by atoms with E-state index in [9.17, 15) is 4.79 Å². The van der Waals surface area contributed by atoms with Crippen LogP contribution in [0.25, 0.3) is 0 Å². The van der Waals surface area contributed by atoms with E-state index in [1.165, 1.54) is 0 Å². The average Bonchev–Trinajstić information content (AvgIpc) is 2.41. The van der Waals surface area contributed by atoms with Crippen molar-refractivity contribution in [1.29, 1.82) is 0 Å². The maximum Gasteiger partial charge on any atom is 0.227 e. The van der Waals surface area contributed by atoms with Crippen LogP contribution in [0, 0.1) is 5.92 Å². The van der Waals surface area contributed by atoms with Crippen molar-refractivity contribution in [3.8, 4) is 0 Å². The molecule has 4 heteroatoms. The molecule has 1 aliphatic rings. The lowest BCUT2D eigenvalue weighted by atomic mass is 9.94. The number of hydrogen-bond acceptors (Lipinski definition) is 1. The van der Waals surface area contributed by atoms with Crippen molar-refractivity contribution in [3.63, 3.8) is 0 Å². The number of amides is 1. The SMILES string of the molecule is CC(Br)C1CCN(C(=O)Cc2ccccc2Cl)CC1. The first-order valence-electron chi connectivity index (χ1n) is 6.73. The second-order valence-electron chi connectivity index (χ2n) is 5.16. The van der Waals surface area contributed by atoms with Gasteiger partial charge in [0, 0.05) is 22.9 Å². The average molecular weight is 345 g/mol. The molecule has 0 N–H and O–H groups in total. The lowest BCUT2D eigenvalue weighted by molar-refractivity contribution is -0.131. The van der Waals surface area contributed by atoms with Gasteiger partial charge < -0.3 is 4.90 Å². The van der Waals surface area contributed by atoms with Crippen molar-refractivity contribution < 1.29 is 4.79 Å². The standard InChI is InChI=1S/C15H19BrClNO/c1-11(16)12-6-8-18(9-7-12)15(19)10-13-4-2-3-5-14(13)17/h2-5,11-12H,6-10H2,1H3. The smallest absolute Gasteiger partial charge is 0.227 e. The van der Waals surface area contributed by atoms with Gasteiger partial charge in [-0.1, -0.05) is 52.7 Å². The Bertz CT molecular complexity index is 442. The number of carbonyl (C=O) groups is 1. The molecule has 1 aliphatic heterocycles. The molecule has 1 aromatic carbocycles. The highest BCUT2D eigenvalue weighted by Gasteiger charge is 2.25. The summed E-state index contributed by atoms with van der Waals surface area (Å²) >= 11 is 9.73. The van der Waals surface area contributed by atoms with Gasteiger partial charge in [0.1, 0.15) is 0 Å². The maximum absolute atomic E-state index is 12.3. The van der Waals surface area contributed by atoms with Crippen molar-refractivity contribution >= 4 is 33.4 Å². The molecule has 2 nitrogen and oxygen atoms in total. The fourth-order valence-electron chi connectivity index (χ4n) is 2.52. The van der Waals surface area contributed by atoms with Gasteiger partial charge >= 0.3 is 0 Å². The second-order valence-corrected chi connectivity index (χ2v) is 7.02. The van der Waals surface area contributed by atoms with Crippen LogP contribution in [-0.2, 0) is 11.2 Å². The van der Waals surface area contributed by atoms with Crippen LogP contribution in [0.5, 0.6) is 0 Å². The minimum atomic E-state index is 0.189. The first kappa shape index (κ1) is 14.9. The Balaban J connectivity index is 1.90. The van der Waals surface area contributed by atoms with Crippen molar-refractivity contribution in [3.05, 3.63) is 34.9 Å². The molecule has 0 radical (unpaired) electrons. The number of alkyl halides is 1. The van der Waals surface area contributed by atoms with Crippen LogP contribution >= 0.6 is 27.5 Å². The Morgan fingerprint density at radius 3 is 2.63 bits per heavy atom. The zero-order valence-electron chi connectivity index (χ0n) is 11.1. The normalized spacial score (nSPS) is 18.4. The van der Waals surface area contributed by atoms with Crippen LogP contribution in [0.1, 0.15) is 25.3 Å². The molecule has 1 heterocycles. The van der Waals surface area contributed by atoms with Gasteiger partial charge in [0.2, 0.25) is 5.91 Å². The van der Waals surface area contributed by atoms with Crippen LogP contribution in [-0.4, -0.2) is 28.7 Å². The molecule has 0 spiro atoms. The Kier molecular flexibility index (Phi) is 5.28. The summed E-state index contributed by atoms with van der Waals surface area (Å²) in [6.07, 6.45) is 2.58. The molecular weight excluding hydrogens is 326 g/mol. The summed E-state index contributed by atoms with van der Waals surface area (Å²) in [5.41, 5.74) is 0.921. The highest BCUT2D eigenvalue weighted by molar-refractivity contribution is 9.09. The number of benzene rings is 1. The number of hydrogen-bond donors (Lipinski definition) is 0. The quantitative estimate of drug-likeness (QED) is 0.761. The zero-order chi connectivity index (χ0) is 13.8. The van der Waals surface area contributed by atoms with E-state index in [0.29, 0.717) is 22.2 Å². The lowest BCUT2D eigenvalue weighted by Gasteiger charge is -2.33. The molecular formula is C15H19BrClNO. The van der Waals surface area contributed by atoms with Crippen molar-refractivity contribution in [2.24, 2.45) is 5.92 Å². The monoisotopic (exact) mass is 343 g/mol. The summed E-state index contributed by atoms with van der Waals surface area (Å²) in [7, 11) is 0. The number of nitrogens with zero attached hydrogens (tertiary/aromatic N) is 1. The van der Waals surface area contributed by atoms with Crippen molar-refractivity contribution in [2.75, 3.05) is 13.1 Å². The Hall–Kier alpha value is -0.540. The van der Waals surface area contributed by atoms with Crippen LogP contribution in [0.3, 0.4) is 0 Å². The van der Waals surface area contributed by atoms with Gasteiger partial charge in [-0.25, -0.2) is 0 Å². The first-order chi connectivity index (χ1) is 9.08. The summed E-state index contributed by atoms with van der Waals surface area (Å²) in [5, 5.41) is 0.680. The number of carbonyl (C=O) groups excluding carboxylic acids is 1. The van der Waals surface area contributed by atoms with E-state index in [-0.39, 0.29) is 5.91 Å². The first-order valence-corrected chi connectivity index (χ1v) is 8.02. The van der Waals surface area contributed by atoms with Crippen LogP contribution in [0.2, 0.25) is 5.02 Å².